The number of piperidine rings is 1. The van der Waals surface area contributed by atoms with E-state index in [4.69, 9.17) is 0 Å². The fourth-order valence-electron chi connectivity index (χ4n) is 2.46. The fourth-order valence-corrected chi connectivity index (χ4v) is 3.07. The molecule has 2 saturated heterocycles. The third kappa shape index (κ3) is 2.39. The first-order chi connectivity index (χ1) is 6.40. The van der Waals surface area contributed by atoms with Crippen LogP contribution in [0.1, 0.15) is 25.7 Å². The minimum atomic E-state index is 0.868. The summed E-state index contributed by atoms with van der Waals surface area (Å²) in [6.45, 7) is 5.29. The van der Waals surface area contributed by atoms with Gasteiger partial charge in [0.1, 0.15) is 0 Å². The summed E-state index contributed by atoms with van der Waals surface area (Å²) in [7, 11) is 0. The van der Waals surface area contributed by atoms with Gasteiger partial charge in [-0.25, -0.2) is 4.31 Å². The smallest absolute Gasteiger partial charge is 0.0246 e. The molecule has 0 N–H and O–H groups in total. The average molecular weight is 200 g/mol. The van der Waals surface area contributed by atoms with E-state index in [1.165, 1.54) is 51.9 Å². The number of likely N-dealkylation sites (tertiary alicyclic amines) is 1. The van der Waals surface area contributed by atoms with Gasteiger partial charge in [0.05, 0.1) is 0 Å². The summed E-state index contributed by atoms with van der Waals surface area (Å²) in [6, 6.07) is 0.868. The number of hydrogen-bond donors (Lipinski definition) is 0. The van der Waals surface area contributed by atoms with Crippen LogP contribution < -0.4 is 0 Å². The highest BCUT2D eigenvalue weighted by atomic mass is 32.2. The maximum absolute atomic E-state index is 2.71. The molecule has 1 atom stereocenters. The zero-order valence-electron chi connectivity index (χ0n) is 8.54. The third-order valence-electron chi connectivity index (χ3n) is 3.29. The van der Waals surface area contributed by atoms with Crippen LogP contribution in [0, 0.1) is 0 Å². The summed E-state index contributed by atoms with van der Waals surface area (Å²) in [4.78, 5) is 2.71. The van der Waals surface area contributed by atoms with Gasteiger partial charge >= 0.3 is 0 Å². The van der Waals surface area contributed by atoms with Crippen molar-refractivity contribution >= 4 is 11.9 Å². The Kier molecular flexibility index (Phi) is 3.52. The first kappa shape index (κ1) is 9.81. The molecule has 2 nitrogen and oxygen atoms in total. The molecule has 2 fully saturated rings. The van der Waals surface area contributed by atoms with Gasteiger partial charge in [0.25, 0.3) is 0 Å². The first-order valence-electron chi connectivity index (χ1n) is 5.43. The number of rotatable bonds is 2. The van der Waals surface area contributed by atoms with E-state index in [1.54, 1.807) is 0 Å². The van der Waals surface area contributed by atoms with E-state index in [1.807, 2.05) is 11.9 Å². The van der Waals surface area contributed by atoms with Gasteiger partial charge in [0.2, 0.25) is 0 Å². The molecule has 0 saturated carbocycles. The Morgan fingerprint density at radius 2 is 1.85 bits per heavy atom. The Morgan fingerprint density at radius 1 is 1.08 bits per heavy atom. The monoisotopic (exact) mass is 200 g/mol. The zero-order valence-corrected chi connectivity index (χ0v) is 9.35. The highest BCUT2D eigenvalue weighted by molar-refractivity contribution is 7.96. The predicted molar refractivity (Wildman–Crippen MR) is 58.9 cm³/mol. The maximum atomic E-state index is 2.71. The van der Waals surface area contributed by atoms with E-state index in [0.29, 0.717) is 0 Å². The molecule has 0 bridgehead atoms. The summed E-state index contributed by atoms with van der Waals surface area (Å²) < 4.78 is 2.50. The van der Waals surface area contributed by atoms with Crippen molar-refractivity contribution in [3.63, 3.8) is 0 Å². The van der Waals surface area contributed by atoms with E-state index < -0.39 is 0 Å². The predicted octanol–water partition coefficient (Wildman–Crippen LogP) is 1.82. The molecule has 0 spiro atoms. The lowest BCUT2D eigenvalue weighted by molar-refractivity contribution is 0.170. The molecule has 1 unspecified atom stereocenters. The summed E-state index contributed by atoms with van der Waals surface area (Å²) in [5.41, 5.74) is 0. The molecule has 13 heavy (non-hydrogen) atoms. The molecule has 0 aromatic heterocycles. The molecule has 2 rings (SSSR count). The van der Waals surface area contributed by atoms with Gasteiger partial charge in [0.15, 0.2) is 0 Å². The van der Waals surface area contributed by atoms with Crippen molar-refractivity contribution in [2.24, 2.45) is 0 Å². The van der Waals surface area contributed by atoms with Crippen LogP contribution in [-0.2, 0) is 0 Å². The van der Waals surface area contributed by atoms with E-state index in [-0.39, 0.29) is 0 Å². The van der Waals surface area contributed by atoms with Gasteiger partial charge in [-0.2, -0.15) is 0 Å². The van der Waals surface area contributed by atoms with Crippen LogP contribution in [0.5, 0.6) is 0 Å². The lowest BCUT2D eigenvalue weighted by Gasteiger charge is -2.32. The lowest BCUT2D eigenvalue weighted by atomic mass is 10.1. The van der Waals surface area contributed by atoms with Crippen molar-refractivity contribution in [3.05, 3.63) is 0 Å². The largest absolute Gasteiger partial charge is 0.299 e. The van der Waals surface area contributed by atoms with E-state index in [2.05, 4.69) is 15.5 Å². The Morgan fingerprint density at radius 3 is 2.46 bits per heavy atom. The Balaban J connectivity index is 1.80. The van der Waals surface area contributed by atoms with Crippen LogP contribution in [0.2, 0.25) is 0 Å². The standard InChI is InChI=1S/C10H20N2S/c1-13-12-8-5-10(9-12)11-6-3-2-4-7-11/h10H,2-9H2,1H3. The van der Waals surface area contributed by atoms with E-state index in [9.17, 15) is 0 Å². The minimum Gasteiger partial charge on any atom is -0.299 e. The summed E-state index contributed by atoms with van der Waals surface area (Å²) in [5, 5.41) is 0. The van der Waals surface area contributed by atoms with Crippen molar-refractivity contribution in [1.29, 1.82) is 0 Å². The van der Waals surface area contributed by atoms with Gasteiger partial charge < -0.3 is 0 Å². The van der Waals surface area contributed by atoms with E-state index >= 15 is 0 Å². The molecule has 0 amide bonds. The normalized spacial score (nSPS) is 32.5. The molecule has 76 valence electrons. The molecule has 2 heterocycles. The van der Waals surface area contributed by atoms with Crippen LogP contribution in [0.4, 0.5) is 0 Å². The van der Waals surface area contributed by atoms with Crippen molar-refractivity contribution < 1.29 is 0 Å². The lowest BCUT2D eigenvalue weighted by Crippen LogP contribution is -2.40. The molecule has 2 aliphatic heterocycles. The SMILES string of the molecule is CSN1CCC(N2CCCCC2)C1. The molecule has 0 aromatic rings. The van der Waals surface area contributed by atoms with Gasteiger partial charge in [0, 0.05) is 19.1 Å². The van der Waals surface area contributed by atoms with Gasteiger partial charge in [-0.15, -0.1) is 0 Å². The molecule has 0 aliphatic carbocycles. The second-order valence-corrected chi connectivity index (χ2v) is 4.99. The Labute approximate surface area is 85.8 Å². The maximum Gasteiger partial charge on any atom is 0.0246 e. The quantitative estimate of drug-likeness (QED) is 0.628. The van der Waals surface area contributed by atoms with Crippen LogP contribution >= 0.6 is 11.9 Å². The Hall–Kier alpha value is 0.270. The molecule has 2 aliphatic rings. The van der Waals surface area contributed by atoms with Gasteiger partial charge in [-0.1, -0.05) is 18.4 Å². The van der Waals surface area contributed by atoms with Crippen molar-refractivity contribution in [2.45, 2.75) is 31.7 Å². The number of hydrogen-bond acceptors (Lipinski definition) is 3. The zero-order chi connectivity index (χ0) is 9.10. The molecule has 0 aromatic carbocycles. The van der Waals surface area contributed by atoms with Crippen LogP contribution in [0.3, 0.4) is 0 Å². The van der Waals surface area contributed by atoms with E-state index in [0.717, 1.165) is 6.04 Å². The van der Waals surface area contributed by atoms with Crippen LogP contribution in [0.15, 0.2) is 0 Å². The number of nitrogens with zero attached hydrogens (tertiary/aromatic N) is 2. The third-order valence-corrected chi connectivity index (χ3v) is 4.14. The average Bonchev–Trinajstić information content (AvgIpc) is 2.67. The highest BCUT2D eigenvalue weighted by Crippen LogP contribution is 2.23. The molecular weight excluding hydrogens is 180 g/mol. The fraction of sp³-hybridized carbons (Fsp3) is 1.00. The first-order valence-corrected chi connectivity index (χ1v) is 6.61. The topological polar surface area (TPSA) is 6.48 Å². The van der Waals surface area contributed by atoms with Crippen molar-refractivity contribution in [2.75, 3.05) is 32.4 Å². The van der Waals surface area contributed by atoms with Gasteiger partial charge in [-0.05, 0) is 38.6 Å². The van der Waals surface area contributed by atoms with Crippen molar-refractivity contribution in [1.82, 2.24) is 9.21 Å². The van der Waals surface area contributed by atoms with Crippen LogP contribution in [0.25, 0.3) is 0 Å². The second kappa shape index (κ2) is 4.67. The Bertz CT molecular complexity index is 157. The molecule has 3 heteroatoms. The summed E-state index contributed by atoms with van der Waals surface area (Å²) in [5.74, 6) is 0. The van der Waals surface area contributed by atoms with Crippen molar-refractivity contribution in [3.8, 4) is 0 Å². The summed E-state index contributed by atoms with van der Waals surface area (Å²) >= 11 is 1.91. The second-order valence-electron chi connectivity index (χ2n) is 4.11. The molecular formula is C10H20N2S. The van der Waals surface area contributed by atoms with Crippen LogP contribution in [-0.4, -0.2) is 47.7 Å². The molecule has 0 radical (unpaired) electrons. The summed E-state index contributed by atoms with van der Waals surface area (Å²) in [6.07, 6.45) is 7.89. The van der Waals surface area contributed by atoms with Gasteiger partial charge in [-0.3, -0.25) is 4.90 Å². The minimum absolute atomic E-state index is 0.868. The highest BCUT2D eigenvalue weighted by Gasteiger charge is 2.27.